The number of halogens is 3. The van der Waals surface area contributed by atoms with E-state index in [1.165, 1.54) is 4.70 Å². The molecule has 0 aliphatic heterocycles. The van der Waals surface area contributed by atoms with E-state index in [9.17, 15) is 13.2 Å². The fraction of sp³-hybridized carbons (Fsp3) is 0.0667. The molecule has 4 heteroatoms. The van der Waals surface area contributed by atoms with Gasteiger partial charge in [-0.3, -0.25) is 0 Å². The molecule has 96 valence electrons. The third kappa shape index (κ3) is 2.24. The number of hydrogen-bond acceptors (Lipinski definition) is 0. The van der Waals surface area contributed by atoms with E-state index in [1.807, 2.05) is 35.7 Å². The lowest BCUT2D eigenvalue weighted by molar-refractivity contribution is -0.137. The first-order chi connectivity index (χ1) is 9.05. The number of hydrogen-bond donors (Lipinski definition) is 0. The lowest BCUT2D eigenvalue weighted by atomic mass is 10.2. The largest absolute Gasteiger partial charge is 0.416 e. The van der Waals surface area contributed by atoms with Crippen LogP contribution in [-0.2, 0) is 6.18 Å². The molecule has 0 aliphatic carbocycles. The standard InChI is InChI=1S/C15H10F3S/c16-15(17,18)12-5-7-13(8-6-12)19-10-9-11-3-1-2-4-14(11)19/h1-10H/q+1. The highest BCUT2D eigenvalue weighted by molar-refractivity contribution is 7.43. The summed E-state index contributed by atoms with van der Waals surface area (Å²) in [5.74, 6) is 0. The van der Waals surface area contributed by atoms with Crippen LogP contribution in [0.4, 0.5) is 13.2 Å². The SMILES string of the molecule is FC(F)(F)c1ccc(-[s+]2ccc3ccccc32)cc1. The molecule has 1 heterocycles. The average Bonchev–Trinajstić information content (AvgIpc) is 2.82. The zero-order valence-corrected chi connectivity index (χ0v) is 10.6. The molecule has 0 fully saturated rings. The van der Waals surface area contributed by atoms with Gasteiger partial charge in [0.25, 0.3) is 0 Å². The number of rotatable bonds is 1. The fourth-order valence-corrected chi connectivity index (χ4v) is 3.91. The number of benzene rings is 2. The summed E-state index contributed by atoms with van der Waals surface area (Å²) in [5.41, 5.74) is -0.601. The molecule has 0 saturated carbocycles. The lowest BCUT2D eigenvalue weighted by Crippen LogP contribution is -2.03. The Hall–Kier alpha value is -1.81. The monoisotopic (exact) mass is 279 g/mol. The Labute approximate surface area is 111 Å². The second-order valence-electron chi connectivity index (χ2n) is 4.20. The molecule has 0 aliphatic rings. The predicted molar refractivity (Wildman–Crippen MR) is 72.8 cm³/mol. The van der Waals surface area contributed by atoms with Crippen LogP contribution < -0.4 is 0 Å². The highest BCUT2D eigenvalue weighted by atomic mass is 32.2. The van der Waals surface area contributed by atoms with Gasteiger partial charge in [0.05, 0.1) is 5.56 Å². The lowest BCUT2D eigenvalue weighted by Gasteiger charge is -2.04. The van der Waals surface area contributed by atoms with Gasteiger partial charge in [-0.25, -0.2) is 0 Å². The molecule has 0 nitrogen and oxygen atoms in total. The van der Waals surface area contributed by atoms with Crippen molar-refractivity contribution in [2.24, 2.45) is 0 Å². The van der Waals surface area contributed by atoms with Gasteiger partial charge in [0, 0.05) is 21.9 Å². The molecular weight excluding hydrogens is 269 g/mol. The maximum atomic E-state index is 12.5. The second-order valence-corrected chi connectivity index (χ2v) is 6.06. The van der Waals surface area contributed by atoms with Crippen LogP contribution in [0.2, 0.25) is 0 Å². The molecule has 2 aromatic carbocycles. The number of fused-ring (bicyclic) bond motifs is 1. The second kappa shape index (κ2) is 4.38. The molecule has 0 bridgehead atoms. The van der Waals surface area contributed by atoms with E-state index < -0.39 is 11.7 Å². The predicted octanol–water partition coefficient (Wildman–Crippen LogP) is 5.60. The smallest absolute Gasteiger partial charge is 0.166 e. The van der Waals surface area contributed by atoms with Crippen molar-refractivity contribution < 1.29 is 13.2 Å². The maximum absolute atomic E-state index is 12.5. The van der Waals surface area contributed by atoms with Crippen LogP contribution >= 0.6 is 10.5 Å². The zero-order chi connectivity index (χ0) is 13.5. The summed E-state index contributed by atoms with van der Waals surface area (Å²) >= 11 is 0. The first-order valence-corrected chi connectivity index (χ1v) is 7.02. The van der Waals surface area contributed by atoms with E-state index in [-0.39, 0.29) is 10.5 Å². The summed E-state index contributed by atoms with van der Waals surface area (Å²) in [6, 6.07) is 15.4. The Bertz CT molecular complexity index is 708. The zero-order valence-electron chi connectivity index (χ0n) is 9.82. The molecular formula is C15H10F3S+. The van der Waals surface area contributed by atoms with Gasteiger partial charge in [0.15, 0.2) is 9.60 Å². The Morgan fingerprint density at radius 1 is 0.789 bits per heavy atom. The summed E-state index contributed by atoms with van der Waals surface area (Å²) < 4.78 is 38.7. The summed E-state index contributed by atoms with van der Waals surface area (Å²) in [6.07, 6.45) is -4.27. The van der Waals surface area contributed by atoms with Gasteiger partial charge < -0.3 is 0 Å². The summed E-state index contributed by atoms with van der Waals surface area (Å²) in [7, 11) is -0.249. The third-order valence-electron chi connectivity index (χ3n) is 2.98. The number of thiophene rings is 1. The van der Waals surface area contributed by atoms with E-state index in [2.05, 4.69) is 0 Å². The molecule has 1 aromatic heterocycles. The number of alkyl halides is 3. The normalized spacial score (nSPS) is 12.9. The van der Waals surface area contributed by atoms with Crippen molar-refractivity contribution in [2.75, 3.05) is 0 Å². The van der Waals surface area contributed by atoms with Crippen molar-refractivity contribution in [2.45, 2.75) is 6.18 Å². The quantitative estimate of drug-likeness (QED) is 0.509. The minimum Gasteiger partial charge on any atom is -0.166 e. The van der Waals surface area contributed by atoms with Crippen LogP contribution in [0.1, 0.15) is 5.56 Å². The van der Waals surface area contributed by atoms with E-state index in [4.69, 9.17) is 0 Å². The Morgan fingerprint density at radius 2 is 1.47 bits per heavy atom. The van der Waals surface area contributed by atoms with E-state index in [1.54, 1.807) is 12.1 Å². The Morgan fingerprint density at radius 3 is 2.16 bits per heavy atom. The van der Waals surface area contributed by atoms with Crippen molar-refractivity contribution in [3.8, 4) is 4.90 Å². The minimum atomic E-state index is -4.27. The van der Waals surface area contributed by atoms with Crippen LogP contribution in [0.5, 0.6) is 0 Å². The molecule has 0 saturated heterocycles. The van der Waals surface area contributed by atoms with Crippen LogP contribution in [0.25, 0.3) is 15.0 Å². The van der Waals surface area contributed by atoms with Crippen LogP contribution in [0.3, 0.4) is 0 Å². The molecule has 0 N–H and O–H groups in total. The van der Waals surface area contributed by atoms with E-state index >= 15 is 0 Å². The summed E-state index contributed by atoms with van der Waals surface area (Å²) in [6.45, 7) is 0. The molecule has 0 amide bonds. The van der Waals surface area contributed by atoms with Gasteiger partial charge in [0.1, 0.15) is 5.38 Å². The van der Waals surface area contributed by atoms with Gasteiger partial charge in [-0.05, 0) is 36.4 Å². The van der Waals surface area contributed by atoms with Crippen molar-refractivity contribution >= 4 is 20.6 Å². The minimum absolute atomic E-state index is 0.249. The van der Waals surface area contributed by atoms with Gasteiger partial charge in [-0.15, -0.1) is 0 Å². The average molecular weight is 279 g/mol. The molecule has 19 heavy (non-hydrogen) atoms. The third-order valence-corrected chi connectivity index (χ3v) is 5.01. The van der Waals surface area contributed by atoms with Gasteiger partial charge in [-0.1, -0.05) is 12.1 Å². The van der Waals surface area contributed by atoms with E-state index in [0.29, 0.717) is 0 Å². The summed E-state index contributed by atoms with van der Waals surface area (Å²) in [5, 5.41) is 3.19. The van der Waals surface area contributed by atoms with Crippen molar-refractivity contribution in [1.29, 1.82) is 0 Å². The molecule has 1 unspecified atom stereocenters. The van der Waals surface area contributed by atoms with Crippen LogP contribution in [-0.4, -0.2) is 0 Å². The van der Waals surface area contributed by atoms with Gasteiger partial charge in [-0.2, -0.15) is 13.2 Å². The first-order valence-electron chi connectivity index (χ1n) is 5.73. The molecule has 1 atom stereocenters. The molecule has 3 rings (SSSR count). The van der Waals surface area contributed by atoms with Crippen molar-refractivity contribution in [3.63, 3.8) is 0 Å². The summed E-state index contributed by atoms with van der Waals surface area (Å²) in [4.78, 5) is 0.911. The molecule has 0 spiro atoms. The molecule has 3 aromatic rings. The Kier molecular flexibility index (Phi) is 2.82. The van der Waals surface area contributed by atoms with Gasteiger partial charge in [0.2, 0.25) is 0 Å². The first kappa shape index (κ1) is 12.2. The highest BCUT2D eigenvalue weighted by Gasteiger charge is 2.30. The maximum Gasteiger partial charge on any atom is 0.416 e. The van der Waals surface area contributed by atoms with E-state index in [0.717, 1.165) is 22.4 Å². The van der Waals surface area contributed by atoms with Crippen LogP contribution in [0.15, 0.2) is 60.0 Å². The fourth-order valence-electron chi connectivity index (χ4n) is 2.03. The van der Waals surface area contributed by atoms with Crippen molar-refractivity contribution in [3.05, 3.63) is 65.5 Å². The van der Waals surface area contributed by atoms with Crippen LogP contribution in [0, 0.1) is 0 Å². The van der Waals surface area contributed by atoms with Gasteiger partial charge >= 0.3 is 6.18 Å². The van der Waals surface area contributed by atoms with Crippen molar-refractivity contribution in [1.82, 2.24) is 0 Å². The Balaban J connectivity index is 2.07. The topological polar surface area (TPSA) is 0 Å². The molecule has 0 radical (unpaired) electrons. The highest BCUT2D eigenvalue weighted by Crippen LogP contribution is 2.40.